The van der Waals surface area contributed by atoms with Crippen molar-refractivity contribution in [3.8, 4) is 22.9 Å². The number of carbonyl (C=O) groups is 2. The third kappa shape index (κ3) is 3.93. The predicted octanol–water partition coefficient (Wildman–Crippen LogP) is 2.19. The van der Waals surface area contributed by atoms with Crippen LogP contribution in [-0.2, 0) is 6.42 Å². The Labute approximate surface area is 155 Å². The molecule has 0 unspecified atom stereocenters. The highest BCUT2D eigenvalue weighted by atomic mass is 16.2. The molecule has 0 saturated heterocycles. The van der Waals surface area contributed by atoms with E-state index in [4.69, 9.17) is 16.7 Å². The van der Waals surface area contributed by atoms with E-state index in [0.29, 0.717) is 12.1 Å². The van der Waals surface area contributed by atoms with Gasteiger partial charge in [-0.1, -0.05) is 36.4 Å². The van der Waals surface area contributed by atoms with E-state index in [9.17, 15) is 9.59 Å². The zero-order valence-electron chi connectivity index (χ0n) is 14.2. The molecular weight excluding hydrogens is 344 g/mol. The number of nitrogens with two attached hydrogens (primary N) is 2. The minimum atomic E-state index is -0.816. The highest BCUT2D eigenvalue weighted by molar-refractivity contribution is 6.00. The molecule has 0 fully saturated rings. The number of benzene rings is 2. The first kappa shape index (κ1) is 17.7. The Balaban J connectivity index is 1.97. The summed E-state index contributed by atoms with van der Waals surface area (Å²) in [5, 5.41) is 15.2. The molecule has 0 atom stereocenters. The number of amides is 3. The predicted molar refractivity (Wildman–Crippen MR) is 100 cm³/mol. The van der Waals surface area contributed by atoms with Crippen LogP contribution in [0.2, 0.25) is 0 Å². The summed E-state index contributed by atoms with van der Waals surface area (Å²) in [6.07, 6.45) is 1.83. The second kappa shape index (κ2) is 7.41. The van der Waals surface area contributed by atoms with Gasteiger partial charge in [-0.25, -0.2) is 9.48 Å². The standard InChI is InChI=1S/C19H16N6O2/c20-9-8-12-4-6-13(7-5-12)14-2-1-3-15(10-14)25-11-16(23-19(22)27)17(24-25)18(21)26/h1-7,10-11H,8H2,(H2,21,26)(H3,22,23,27). The Morgan fingerprint density at radius 3 is 2.48 bits per heavy atom. The molecule has 2 aromatic carbocycles. The topological polar surface area (TPSA) is 140 Å². The fraction of sp³-hybridized carbons (Fsp3) is 0.0526. The highest BCUT2D eigenvalue weighted by Crippen LogP contribution is 2.24. The molecule has 3 aromatic rings. The van der Waals surface area contributed by atoms with E-state index in [0.717, 1.165) is 16.7 Å². The van der Waals surface area contributed by atoms with Gasteiger partial charge < -0.3 is 16.8 Å². The van der Waals surface area contributed by atoms with Gasteiger partial charge in [-0.3, -0.25) is 4.79 Å². The van der Waals surface area contributed by atoms with Gasteiger partial charge in [0.2, 0.25) is 0 Å². The molecule has 0 bridgehead atoms. The van der Waals surface area contributed by atoms with Gasteiger partial charge in [0, 0.05) is 0 Å². The highest BCUT2D eigenvalue weighted by Gasteiger charge is 2.16. The maximum absolute atomic E-state index is 11.6. The van der Waals surface area contributed by atoms with Gasteiger partial charge in [0.25, 0.3) is 5.91 Å². The SMILES string of the molecule is N#CCc1ccc(-c2cccc(-n3cc(NC(N)=O)c(C(N)=O)n3)c2)cc1. The van der Waals surface area contributed by atoms with Crippen molar-refractivity contribution in [2.45, 2.75) is 6.42 Å². The lowest BCUT2D eigenvalue weighted by atomic mass is 10.0. The monoisotopic (exact) mass is 360 g/mol. The van der Waals surface area contributed by atoms with Crippen LogP contribution in [0.3, 0.4) is 0 Å². The van der Waals surface area contributed by atoms with Gasteiger partial charge in [0.1, 0.15) is 0 Å². The van der Waals surface area contributed by atoms with Crippen molar-refractivity contribution in [3.63, 3.8) is 0 Å². The van der Waals surface area contributed by atoms with Crippen LogP contribution in [0.1, 0.15) is 16.1 Å². The fourth-order valence-corrected chi connectivity index (χ4v) is 2.65. The first-order chi connectivity index (χ1) is 13.0. The minimum absolute atomic E-state index is 0.0833. The Morgan fingerprint density at radius 2 is 1.85 bits per heavy atom. The van der Waals surface area contributed by atoms with Gasteiger partial charge in [0.05, 0.1) is 30.1 Å². The largest absolute Gasteiger partial charge is 0.364 e. The number of rotatable bonds is 5. The molecule has 1 aromatic heterocycles. The number of nitriles is 1. The van der Waals surface area contributed by atoms with Crippen molar-refractivity contribution >= 4 is 17.6 Å². The van der Waals surface area contributed by atoms with E-state index in [2.05, 4.69) is 16.5 Å². The van der Waals surface area contributed by atoms with Crippen molar-refractivity contribution in [2.24, 2.45) is 11.5 Å². The molecule has 27 heavy (non-hydrogen) atoms. The molecule has 134 valence electrons. The van der Waals surface area contributed by atoms with Gasteiger partial charge in [-0.05, 0) is 28.8 Å². The van der Waals surface area contributed by atoms with E-state index >= 15 is 0 Å². The zero-order valence-corrected chi connectivity index (χ0v) is 14.2. The number of nitrogens with zero attached hydrogens (tertiary/aromatic N) is 3. The van der Waals surface area contributed by atoms with Gasteiger partial charge in [-0.15, -0.1) is 0 Å². The number of carbonyl (C=O) groups excluding carboxylic acids is 2. The van der Waals surface area contributed by atoms with Gasteiger partial charge in [0.15, 0.2) is 5.69 Å². The van der Waals surface area contributed by atoms with Crippen LogP contribution in [0.5, 0.6) is 0 Å². The molecule has 5 N–H and O–H groups in total. The molecular formula is C19H16N6O2. The Bertz CT molecular complexity index is 1050. The normalized spacial score (nSPS) is 10.2. The maximum atomic E-state index is 11.6. The molecule has 1 heterocycles. The summed E-state index contributed by atoms with van der Waals surface area (Å²) in [5.74, 6) is -0.776. The fourth-order valence-electron chi connectivity index (χ4n) is 2.65. The lowest BCUT2D eigenvalue weighted by Crippen LogP contribution is -2.22. The van der Waals surface area contributed by atoms with E-state index in [-0.39, 0.29) is 11.4 Å². The number of hydrogen-bond donors (Lipinski definition) is 3. The molecule has 0 spiro atoms. The lowest BCUT2D eigenvalue weighted by Gasteiger charge is -2.06. The number of nitrogens with one attached hydrogen (secondary N) is 1. The number of aromatic nitrogens is 2. The average molecular weight is 360 g/mol. The summed E-state index contributed by atoms with van der Waals surface area (Å²) < 4.78 is 1.44. The summed E-state index contributed by atoms with van der Waals surface area (Å²) in [4.78, 5) is 22.7. The van der Waals surface area contributed by atoms with Gasteiger partial charge >= 0.3 is 6.03 Å². The third-order valence-electron chi connectivity index (χ3n) is 3.89. The number of anilines is 1. The maximum Gasteiger partial charge on any atom is 0.316 e. The van der Waals surface area contributed by atoms with E-state index in [1.165, 1.54) is 10.9 Å². The van der Waals surface area contributed by atoms with Crippen molar-refractivity contribution in [3.05, 3.63) is 66.0 Å². The van der Waals surface area contributed by atoms with Crippen LogP contribution in [-0.4, -0.2) is 21.7 Å². The van der Waals surface area contributed by atoms with Crippen LogP contribution in [0.4, 0.5) is 10.5 Å². The van der Waals surface area contributed by atoms with Crippen molar-refractivity contribution in [1.29, 1.82) is 5.26 Å². The van der Waals surface area contributed by atoms with Gasteiger partial charge in [-0.2, -0.15) is 10.4 Å². The van der Waals surface area contributed by atoms with Crippen molar-refractivity contribution in [2.75, 3.05) is 5.32 Å². The van der Waals surface area contributed by atoms with Crippen LogP contribution in [0.25, 0.3) is 16.8 Å². The molecule has 0 aliphatic rings. The number of primary amides is 2. The molecule has 0 radical (unpaired) electrons. The number of hydrogen-bond acceptors (Lipinski definition) is 4. The van der Waals surface area contributed by atoms with E-state index in [1.807, 2.05) is 42.5 Å². The Kier molecular flexibility index (Phi) is 4.86. The summed E-state index contributed by atoms with van der Waals surface area (Å²) in [6.45, 7) is 0. The average Bonchev–Trinajstić information content (AvgIpc) is 3.06. The quantitative estimate of drug-likeness (QED) is 0.641. The molecule has 3 rings (SSSR count). The molecule has 0 aliphatic heterocycles. The summed E-state index contributed by atoms with van der Waals surface area (Å²) in [7, 11) is 0. The summed E-state index contributed by atoms with van der Waals surface area (Å²) in [6, 6.07) is 16.4. The minimum Gasteiger partial charge on any atom is -0.364 e. The lowest BCUT2D eigenvalue weighted by molar-refractivity contribution is 0.0996. The van der Waals surface area contributed by atoms with Crippen LogP contribution in [0, 0.1) is 11.3 Å². The first-order valence-electron chi connectivity index (χ1n) is 8.00. The molecule has 8 heteroatoms. The van der Waals surface area contributed by atoms with Crippen LogP contribution >= 0.6 is 0 Å². The summed E-state index contributed by atoms with van der Waals surface area (Å²) >= 11 is 0. The first-order valence-corrected chi connectivity index (χ1v) is 8.00. The van der Waals surface area contributed by atoms with E-state index < -0.39 is 11.9 Å². The molecule has 3 amide bonds. The Morgan fingerprint density at radius 1 is 1.11 bits per heavy atom. The second-order valence-corrected chi connectivity index (χ2v) is 5.77. The summed E-state index contributed by atoms with van der Waals surface area (Å²) in [5.41, 5.74) is 14.0. The van der Waals surface area contributed by atoms with Crippen LogP contribution < -0.4 is 16.8 Å². The zero-order chi connectivity index (χ0) is 19.4. The smallest absolute Gasteiger partial charge is 0.316 e. The van der Waals surface area contributed by atoms with Crippen molar-refractivity contribution < 1.29 is 9.59 Å². The van der Waals surface area contributed by atoms with Crippen molar-refractivity contribution in [1.82, 2.24) is 9.78 Å². The second-order valence-electron chi connectivity index (χ2n) is 5.77. The Hall–Kier alpha value is -4.12. The van der Waals surface area contributed by atoms with Crippen LogP contribution in [0.15, 0.2) is 54.7 Å². The number of urea groups is 1. The molecule has 8 nitrogen and oxygen atoms in total. The van der Waals surface area contributed by atoms with E-state index in [1.54, 1.807) is 6.07 Å². The molecule has 0 aliphatic carbocycles. The molecule has 0 saturated carbocycles. The third-order valence-corrected chi connectivity index (χ3v) is 3.89.